The van der Waals surface area contributed by atoms with E-state index in [1.807, 2.05) is 6.26 Å². The van der Waals surface area contributed by atoms with E-state index in [1.54, 1.807) is 30.8 Å². The molecule has 0 radical (unpaired) electrons. The topological polar surface area (TPSA) is 101 Å². The Labute approximate surface area is 129 Å². The average molecular weight is 331 g/mol. The number of thioether (sulfide) groups is 1. The van der Waals surface area contributed by atoms with E-state index < -0.39 is 16.1 Å². The van der Waals surface area contributed by atoms with E-state index in [0.29, 0.717) is 17.7 Å². The molecular formula is C13H21N3O3S2. The molecule has 1 atom stereocenters. The molecule has 0 heterocycles. The lowest BCUT2D eigenvalue weighted by molar-refractivity contribution is -0.117. The van der Waals surface area contributed by atoms with Crippen molar-refractivity contribution in [3.63, 3.8) is 0 Å². The predicted molar refractivity (Wildman–Crippen MR) is 87.0 cm³/mol. The zero-order valence-corrected chi connectivity index (χ0v) is 14.0. The summed E-state index contributed by atoms with van der Waals surface area (Å²) in [4.78, 5) is 12.1. The Kier molecular flexibility index (Phi) is 6.66. The summed E-state index contributed by atoms with van der Waals surface area (Å²) in [7, 11) is -2.21. The molecule has 0 unspecified atom stereocenters. The van der Waals surface area contributed by atoms with Crippen LogP contribution in [-0.4, -0.2) is 39.4 Å². The molecule has 1 rings (SSSR count). The molecule has 0 bridgehead atoms. The maximum Gasteiger partial charge on any atom is 0.241 e. The molecule has 8 heteroatoms. The van der Waals surface area contributed by atoms with Crippen LogP contribution in [0.25, 0.3) is 0 Å². The average Bonchev–Trinajstić information content (AvgIpc) is 2.46. The Balaban J connectivity index is 2.91. The summed E-state index contributed by atoms with van der Waals surface area (Å²) in [5, 5.41) is 2.65. The third-order valence-electron chi connectivity index (χ3n) is 2.98. The second-order valence-corrected chi connectivity index (χ2v) is 7.41. The zero-order valence-electron chi connectivity index (χ0n) is 12.3. The van der Waals surface area contributed by atoms with Gasteiger partial charge in [0.1, 0.15) is 0 Å². The van der Waals surface area contributed by atoms with Crippen LogP contribution in [-0.2, 0) is 14.8 Å². The van der Waals surface area contributed by atoms with Crippen molar-refractivity contribution in [2.45, 2.75) is 24.3 Å². The Morgan fingerprint density at radius 1 is 1.43 bits per heavy atom. The SMILES string of the molecule is CNS(=O)(=O)c1cc(NC(=O)[C@H](N)CCSC)ccc1C. The Bertz CT molecular complexity index is 603. The highest BCUT2D eigenvalue weighted by Crippen LogP contribution is 2.20. The molecule has 6 nitrogen and oxygen atoms in total. The maximum absolute atomic E-state index is 11.9. The number of rotatable bonds is 7. The molecule has 0 fully saturated rings. The van der Waals surface area contributed by atoms with E-state index in [9.17, 15) is 13.2 Å². The van der Waals surface area contributed by atoms with Crippen LogP contribution in [0.5, 0.6) is 0 Å². The number of benzene rings is 1. The predicted octanol–water partition coefficient (Wildman–Crippen LogP) is 0.922. The standard InChI is InChI=1S/C13H21N3O3S2/c1-9-4-5-10(8-12(9)21(18,19)15-2)16-13(17)11(14)6-7-20-3/h4-5,8,11,15H,6-7,14H2,1-3H3,(H,16,17)/t11-/m1/s1. The largest absolute Gasteiger partial charge is 0.325 e. The van der Waals surface area contributed by atoms with Gasteiger partial charge in [-0.05, 0) is 50.1 Å². The lowest BCUT2D eigenvalue weighted by atomic mass is 10.2. The van der Waals surface area contributed by atoms with Gasteiger partial charge >= 0.3 is 0 Å². The van der Waals surface area contributed by atoms with Gasteiger partial charge in [-0.15, -0.1) is 0 Å². The van der Waals surface area contributed by atoms with Gasteiger partial charge in [-0.1, -0.05) is 6.07 Å². The summed E-state index contributed by atoms with van der Waals surface area (Å²) >= 11 is 1.62. The van der Waals surface area contributed by atoms with Crippen molar-refractivity contribution in [1.82, 2.24) is 4.72 Å². The quantitative estimate of drug-likeness (QED) is 0.690. The van der Waals surface area contributed by atoms with Gasteiger partial charge in [0, 0.05) is 5.69 Å². The van der Waals surface area contributed by atoms with Crippen molar-refractivity contribution in [3.8, 4) is 0 Å². The maximum atomic E-state index is 11.9. The highest BCUT2D eigenvalue weighted by atomic mass is 32.2. The van der Waals surface area contributed by atoms with Gasteiger partial charge in [0.25, 0.3) is 0 Å². The van der Waals surface area contributed by atoms with Crippen molar-refractivity contribution in [2.24, 2.45) is 5.73 Å². The number of anilines is 1. The second kappa shape index (κ2) is 7.79. The molecule has 0 aliphatic heterocycles. The van der Waals surface area contributed by atoms with Gasteiger partial charge in [0.2, 0.25) is 15.9 Å². The molecule has 1 aromatic rings. The van der Waals surface area contributed by atoms with Crippen LogP contribution in [0.2, 0.25) is 0 Å². The number of hydrogen-bond acceptors (Lipinski definition) is 5. The summed E-state index contributed by atoms with van der Waals surface area (Å²) in [6.45, 7) is 1.69. The molecule has 21 heavy (non-hydrogen) atoms. The Morgan fingerprint density at radius 3 is 2.67 bits per heavy atom. The number of carbonyl (C=O) groups is 1. The highest BCUT2D eigenvalue weighted by Gasteiger charge is 2.17. The minimum absolute atomic E-state index is 0.139. The van der Waals surface area contributed by atoms with E-state index >= 15 is 0 Å². The normalized spacial score (nSPS) is 13.0. The number of carbonyl (C=O) groups excluding carboxylic acids is 1. The smallest absolute Gasteiger partial charge is 0.241 e. The molecule has 1 amide bonds. The molecule has 4 N–H and O–H groups in total. The first-order chi connectivity index (χ1) is 9.81. The molecule has 118 valence electrons. The number of aryl methyl sites for hydroxylation is 1. The number of nitrogens with two attached hydrogens (primary N) is 1. The highest BCUT2D eigenvalue weighted by molar-refractivity contribution is 7.98. The van der Waals surface area contributed by atoms with Crippen molar-refractivity contribution < 1.29 is 13.2 Å². The molecule has 0 aliphatic rings. The van der Waals surface area contributed by atoms with Crippen LogP contribution in [0.1, 0.15) is 12.0 Å². The molecular weight excluding hydrogens is 310 g/mol. The molecule has 0 saturated carbocycles. The number of sulfonamides is 1. The van der Waals surface area contributed by atoms with Crippen molar-refractivity contribution in [3.05, 3.63) is 23.8 Å². The summed E-state index contributed by atoms with van der Waals surface area (Å²) in [6.07, 6.45) is 2.51. The first-order valence-corrected chi connectivity index (χ1v) is 9.29. The van der Waals surface area contributed by atoms with Crippen molar-refractivity contribution >= 4 is 33.4 Å². The van der Waals surface area contributed by atoms with E-state index in [4.69, 9.17) is 5.73 Å². The van der Waals surface area contributed by atoms with Gasteiger partial charge < -0.3 is 11.1 Å². The minimum Gasteiger partial charge on any atom is -0.325 e. The minimum atomic E-state index is -3.56. The van der Waals surface area contributed by atoms with E-state index in [1.165, 1.54) is 13.1 Å². The van der Waals surface area contributed by atoms with Crippen LogP contribution in [0.15, 0.2) is 23.1 Å². The van der Waals surface area contributed by atoms with Crippen LogP contribution in [0.4, 0.5) is 5.69 Å². The molecule has 0 spiro atoms. The fourth-order valence-electron chi connectivity index (χ4n) is 1.69. The number of hydrogen-bond donors (Lipinski definition) is 3. The van der Waals surface area contributed by atoms with Gasteiger partial charge in [0.05, 0.1) is 10.9 Å². The Morgan fingerprint density at radius 2 is 2.10 bits per heavy atom. The van der Waals surface area contributed by atoms with E-state index in [-0.39, 0.29) is 10.8 Å². The Hall–Kier alpha value is -1.09. The van der Waals surface area contributed by atoms with E-state index in [0.717, 1.165) is 5.75 Å². The van der Waals surface area contributed by atoms with Crippen LogP contribution in [0.3, 0.4) is 0 Å². The fraction of sp³-hybridized carbons (Fsp3) is 0.462. The molecule has 0 aromatic heterocycles. The fourth-order valence-corrected chi connectivity index (χ4v) is 3.17. The van der Waals surface area contributed by atoms with Gasteiger partial charge in [-0.25, -0.2) is 13.1 Å². The summed E-state index contributed by atoms with van der Waals surface area (Å²) < 4.78 is 26.0. The number of nitrogens with one attached hydrogen (secondary N) is 2. The van der Waals surface area contributed by atoms with Gasteiger partial charge in [-0.3, -0.25) is 4.79 Å². The third-order valence-corrected chi connectivity index (χ3v) is 5.18. The summed E-state index contributed by atoms with van der Waals surface area (Å²) in [6, 6.07) is 4.12. The van der Waals surface area contributed by atoms with Crippen LogP contribution < -0.4 is 15.8 Å². The number of amides is 1. The first-order valence-electron chi connectivity index (χ1n) is 6.41. The second-order valence-electron chi connectivity index (χ2n) is 4.57. The lowest BCUT2D eigenvalue weighted by Gasteiger charge is -2.13. The van der Waals surface area contributed by atoms with E-state index in [2.05, 4.69) is 10.0 Å². The van der Waals surface area contributed by atoms with Crippen molar-refractivity contribution in [2.75, 3.05) is 24.4 Å². The molecule has 0 aliphatic carbocycles. The van der Waals surface area contributed by atoms with Crippen LogP contribution in [0, 0.1) is 6.92 Å². The van der Waals surface area contributed by atoms with Gasteiger partial charge in [-0.2, -0.15) is 11.8 Å². The third kappa shape index (κ3) is 4.99. The molecule has 1 aromatic carbocycles. The summed E-state index contributed by atoms with van der Waals surface area (Å²) in [5.41, 5.74) is 6.80. The van der Waals surface area contributed by atoms with Gasteiger partial charge in [0.15, 0.2) is 0 Å². The lowest BCUT2D eigenvalue weighted by Crippen LogP contribution is -2.36. The summed E-state index contributed by atoms with van der Waals surface area (Å²) in [5.74, 6) is 0.475. The first kappa shape index (κ1) is 18.0. The van der Waals surface area contributed by atoms with Crippen LogP contribution >= 0.6 is 11.8 Å². The molecule has 0 saturated heterocycles. The monoisotopic (exact) mass is 331 g/mol. The van der Waals surface area contributed by atoms with Crippen molar-refractivity contribution in [1.29, 1.82) is 0 Å². The zero-order chi connectivity index (χ0) is 16.0.